The predicted molar refractivity (Wildman–Crippen MR) is 118 cm³/mol. The molecular weight excluding hydrogens is 457 g/mol. The summed E-state index contributed by atoms with van der Waals surface area (Å²) in [6.45, 7) is 0. The summed E-state index contributed by atoms with van der Waals surface area (Å²) in [7, 11) is -2.38. The van der Waals surface area contributed by atoms with Gasteiger partial charge in [-0.15, -0.1) is 0 Å². The quantitative estimate of drug-likeness (QED) is 0.329. The molecule has 1 aliphatic rings. The van der Waals surface area contributed by atoms with Gasteiger partial charge in [0.15, 0.2) is 7.26 Å². The van der Waals surface area contributed by atoms with E-state index >= 15 is 0 Å². The molecule has 4 aromatic rings. The monoisotopic (exact) mass is 475 g/mol. The highest BCUT2D eigenvalue weighted by Gasteiger charge is 2.59. The average Bonchev–Trinajstić information content (AvgIpc) is 3.14. The molecule has 3 aromatic carbocycles. The fraction of sp³-hybridized carbons (Fsp3) is 0.0400. The number of fused-ring (bicyclic) bond motifs is 1. The highest BCUT2D eigenvalue weighted by Crippen LogP contribution is 2.68. The van der Waals surface area contributed by atoms with E-state index in [0.717, 1.165) is 21.6 Å². The molecule has 0 saturated carbocycles. The molecule has 0 radical (unpaired) electrons. The summed E-state index contributed by atoms with van der Waals surface area (Å²) in [5.41, 5.74) is 1.28. The minimum atomic E-state index is -2.38. The number of cyclic esters (lactones) is 1. The number of nitrogens with zero attached hydrogens (tertiary/aromatic N) is 1. The van der Waals surface area contributed by atoms with Crippen LogP contribution in [0.5, 0.6) is 0 Å². The van der Waals surface area contributed by atoms with Crippen LogP contribution in [0, 0.1) is 0 Å². The molecule has 2 heterocycles. The van der Waals surface area contributed by atoms with Crippen LogP contribution in [0.4, 0.5) is 0 Å². The third-order valence-corrected chi connectivity index (χ3v) is 9.74. The number of aromatic nitrogens is 1. The Labute approximate surface area is 186 Å². The number of rotatable bonds is 4. The van der Waals surface area contributed by atoms with E-state index in [-0.39, 0.29) is 23.0 Å². The lowest BCUT2D eigenvalue weighted by atomic mass is 10.2. The van der Waals surface area contributed by atoms with Crippen LogP contribution >= 0.6 is 7.26 Å². The van der Waals surface area contributed by atoms with Crippen molar-refractivity contribution >= 4 is 29.1 Å². The second-order valence-corrected chi connectivity index (χ2v) is 10.4. The first-order chi connectivity index (χ1) is 14.3. The number of hydrogen-bond acceptors (Lipinski definition) is 3. The Morgan fingerprint density at radius 1 is 0.667 bits per heavy atom. The van der Waals surface area contributed by atoms with Gasteiger partial charge < -0.3 is 21.7 Å². The minimum absolute atomic E-state index is 0. The fourth-order valence-corrected chi connectivity index (χ4v) is 8.57. The molecule has 1 aromatic heterocycles. The van der Waals surface area contributed by atoms with E-state index in [1.165, 1.54) is 0 Å². The summed E-state index contributed by atoms with van der Waals surface area (Å²) in [6, 6.07) is 34.8. The van der Waals surface area contributed by atoms with E-state index in [2.05, 4.69) is 41.4 Å². The van der Waals surface area contributed by atoms with Gasteiger partial charge in [0, 0.05) is 6.20 Å². The summed E-state index contributed by atoms with van der Waals surface area (Å²) in [6.07, 6.45) is 1.74. The van der Waals surface area contributed by atoms with Crippen LogP contribution < -0.4 is 32.9 Å². The zero-order chi connectivity index (χ0) is 19.7. The largest absolute Gasteiger partial charge is 1.00 e. The Morgan fingerprint density at radius 2 is 1.13 bits per heavy atom. The smallest absolute Gasteiger partial charge is 0.343 e. The Morgan fingerprint density at radius 3 is 1.60 bits per heavy atom. The maximum Gasteiger partial charge on any atom is 0.343 e. The van der Waals surface area contributed by atoms with Gasteiger partial charge in [0.1, 0.15) is 21.6 Å². The molecule has 0 saturated heterocycles. The van der Waals surface area contributed by atoms with Crippen LogP contribution in [0.2, 0.25) is 0 Å². The normalized spacial score (nSPS) is 15.1. The first kappa shape index (κ1) is 20.5. The molecule has 0 amide bonds. The Bertz CT molecular complexity index is 1060. The van der Waals surface area contributed by atoms with Crippen LogP contribution in [0.1, 0.15) is 21.9 Å². The second-order valence-electron chi connectivity index (χ2n) is 6.92. The Hall–Kier alpha value is -2.81. The lowest BCUT2D eigenvalue weighted by molar-refractivity contribution is -0.0000230. The van der Waals surface area contributed by atoms with Crippen LogP contribution in [-0.4, -0.2) is 11.0 Å². The Kier molecular flexibility index (Phi) is 5.80. The molecule has 0 N–H and O–H groups in total. The van der Waals surface area contributed by atoms with Crippen molar-refractivity contribution in [1.82, 2.24) is 4.98 Å². The van der Waals surface area contributed by atoms with Crippen LogP contribution in [-0.2, 0) is 4.74 Å². The fourth-order valence-electron chi connectivity index (χ4n) is 4.11. The van der Waals surface area contributed by atoms with Crippen LogP contribution in [0.3, 0.4) is 0 Å². The number of hydrogen-bond donors (Lipinski definition) is 0. The zero-order valence-corrected chi connectivity index (χ0v) is 18.5. The first-order valence-electron chi connectivity index (χ1n) is 9.53. The topological polar surface area (TPSA) is 39.2 Å². The van der Waals surface area contributed by atoms with Gasteiger partial charge >= 0.3 is 5.97 Å². The molecule has 30 heavy (non-hydrogen) atoms. The molecular formula is C25H19BrNO2P. The molecule has 0 aliphatic carbocycles. The number of benzene rings is 3. The van der Waals surface area contributed by atoms with Gasteiger partial charge in [-0.3, -0.25) is 4.98 Å². The summed E-state index contributed by atoms with van der Waals surface area (Å²) in [5, 5.41) is 3.48. The third kappa shape index (κ3) is 3.17. The van der Waals surface area contributed by atoms with Gasteiger partial charge in [-0.05, 0) is 48.5 Å². The summed E-state index contributed by atoms with van der Waals surface area (Å²) in [4.78, 5) is 17.4. The maximum absolute atomic E-state index is 12.8. The van der Waals surface area contributed by atoms with Gasteiger partial charge in [0.05, 0.1) is 5.56 Å². The van der Waals surface area contributed by atoms with Gasteiger partial charge in [0.2, 0.25) is 0 Å². The molecule has 1 atom stereocenters. The maximum atomic E-state index is 12.8. The van der Waals surface area contributed by atoms with Crippen molar-refractivity contribution in [3.63, 3.8) is 0 Å². The average molecular weight is 476 g/mol. The third-order valence-electron chi connectivity index (χ3n) is 5.35. The zero-order valence-electron chi connectivity index (χ0n) is 16.1. The summed E-state index contributed by atoms with van der Waals surface area (Å²) < 4.78 is 6.11. The van der Waals surface area contributed by atoms with Crippen molar-refractivity contribution in [3.05, 3.63) is 121 Å². The Balaban J connectivity index is 0.00000218. The van der Waals surface area contributed by atoms with Crippen molar-refractivity contribution in [1.29, 1.82) is 0 Å². The second kappa shape index (κ2) is 8.51. The standard InChI is InChI=1S/C25H19NO2P.BrH/c27-24-22-17-10-18-26-23(22)25(28-24)29(19-11-4-1-5-12-19,20-13-6-2-7-14-20)21-15-8-3-9-16-21;/h1-18,25H;1H/q+1;/p-1. The van der Waals surface area contributed by atoms with Crippen molar-refractivity contribution in [2.24, 2.45) is 0 Å². The van der Waals surface area contributed by atoms with Crippen molar-refractivity contribution in [2.45, 2.75) is 5.85 Å². The van der Waals surface area contributed by atoms with E-state index in [4.69, 9.17) is 4.74 Å². The first-order valence-corrected chi connectivity index (χ1v) is 11.4. The molecule has 0 bridgehead atoms. The lowest BCUT2D eigenvalue weighted by Crippen LogP contribution is -3.00. The molecule has 148 valence electrons. The van der Waals surface area contributed by atoms with Gasteiger partial charge in [-0.2, -0.15) is 0 Å². The highest BCUT2D eigenvalue weighted by atomic mass is 79.9. The van der Waals surface area contributed by atoms with Crippen molar-refractivity contribution in [2.75, 3.05) is 0 Å². The van der Waals surface area contributed by atoms with Crippen molar-refractivity contribution < 1.29 is 26.5 Å². The lowest BCUT2D eigenvalue weighted by Gasteiger charge is -2.31. The highest BCUT2D eigenvalue weighted by molar-refractivity contribution is 7.95. The van der Waals surface area contributed by atoms with E-state index < -0.39 is 13.1 Å². The molecule has 1 aliphatic heterocycles. The summed E-state index contributed by atoms with van der Waals surface area (Å²) >= 11 is 0. The van der Waals surface area contributed by atoms with Crippen LogP contribution in [0.15, 0.2) is 109 Å². The SMILES string of the molecule is O=C1OC([P+](c2ccccc2)(c2ccccc2)c2ccccc2)c2ncccc21.[Br-]. The molecule has 1 unspecified atom stereocenters. The van der Waals surface area contributed by atoms with E-state index in [9.17, 15) is 4.79 Å². The molecule has 3 nitrogen and oxygen atoms in total. The summed E-state index contributed by atoms with van der Waals surface area (Å²) in [5.74, 6) is -0.760. The molecule has 5 heteroatoms. The van der Waals surface area contributed by atoms with E-state index in [0.29, 0.717) is 5.56 Å². The van der Waals surface area contributed by atoms with Crippen LogP contribution in [0.25, 0.3) is 0 Å². The molecule has 0 fully saturated rings. The molecule has 5 rings (SSSR count). The predicted octanol–water partition coefficient (Wildman–Crippen LogP) is 1.25. The number of halogens is 1. The van der Waals surface area contributed by atoms with Crippen molar-refractivity contribution in [3.8, 4) is 0 Å². The number of carbonyl (C=O) groups excluding carboxylic acids is 1. The van der Waals surface area contributed by atoms with Gasteiger partial charge in [0.25, 0.3) is 5.85 Å². The number of ether oxygens (including phenoxy) is 1. The number of pyridine rings is 1. The number of carbonyl (C=O) groups is 1. The van der Waals surface area contributed by atoms with Gasteiger partial charge in [-0.25, -0.2) is 4.79 Å². The van der Waals surface area contributed by atoms with E-state index in [1.807, 2.05) is 54.6 Å². The van der Waals surface area contributed by atoms with Gasteiger partial charge in [-0.1, -0.05) is 54.6 Å². The number of esters is 1. The molecule has 0 spiro atoms. The minimum Gasteiger partial charge on any atom is -1.00 e. The van der Waals surface area contributed by atoms with E-state index in [1.54, 1.807) is 18.3 Å².